The fraction of sp³-hybridized carbons (Fsp3) is 0.312. The van der Waals surface area contributed by atoms with Gasteiger partial charge < -0.3 is 0 Å². The van der Waals surface area contributed by atoms with Crippen molar-refractivity contribution < 1.29 is 0 Å². The molecule has 0 atom stereocenters. The molecule has 0 fully saturated rings. The molecule has 7 heteroatoms. The highest BCUT2D eigenvalue weighted by Crippen LogP contribution is 2.20. The van der Waals surface area contributed by atoms with E-state index in [0.717, 1.165) is 41.2 Å². The van der Waals surface area contributed by atoms with Crippen molar-refractivity contribution in [2.75, 3.05) is 0 Å². The van der Waals surface area contributed by atoms with Crippen LogP contribution in [0.25, 0.3) is 0 Å². The summed E-state index contributed by atoms with van der Waals surface area (Å²) < 4.78 is 5.77. The first-order valence-corrected chi connectivity index (χ1v) is 8.64. The van der Waals surface area contributed by atoms with Crippen LogP contribution in [0.4, 0.5) is 0 Å². The van der Waals surface area contributed by atoms with E-state index in [-0.39, 0.29) is 0 Å². The van der Waals surface area contributed by atoms with Crippen LogP contribution >= 0.6 is 28.1 Å². The van der Waals surface area contributed by atoms with E-state index in [1.807, 2.05) is 34.4 Å². The Morgan fingerprint density at radius 2 is 1.96 bits per heavy atom. The number of aromatic amines is 1. The number of hydrogen-bond donors (Lipinski definition) is 1. The SMILES string of the molecule is Cc1nn(CCc2n[nH]c(=S)n2Cc2ccccc2)c(C)c1Br. The third-order valence-corrected chi connectivity index (χ3v) is 5.32. The molecule has 3 aromatic rings. The minimum atomic E-state index is 0.651. The Balaban J connectivity index is 1.79. The summed E-state index contributed by atoms with van der Waals surface area (Å²) in [7, 11) is 0. The molecule has 0 aliphatic carbocycles. The minimum Gasteiger partial charge on any atom is -0.300 e. The van der Waals surface area contributed by atoms with Gasteiger partial charge in [0.15, 0.2) is 4.77 Å². The Bertz CT molecular complexity index is 862. The molecule has 0 bridgehead atoms. The van der Waals surface area contributed by atoms with E-state index in [1.165, 1.54) is 5.56 Å². The van der Waals surface area contributed by atoms with Gasteiger partial charge in [0.2, 0.25) is 0 Å². The van der Waals surface area contributed by atoms with E-state index < -0.39 is 0 Å². The van der Waals surface area contributed by atoms with Gasteiger partial charge in [-0.3, -0.25) is 14.3 Å². The van der Waals surface area contributed by atoms with Crippen LogP contribution < -0.4 is 0 Å². The lowest BCUT2D eigenvalue weighted by atomic mass is 10.2. The minimum absolute atomic E-state index is 0.651. The molecule has 2 heterocycles. The first kappa shape index (κ1) is 16.1. The summed E-state index contributed by atoms with van der Waals surface area (Å²) in [5, 5.41) is 11.8. The highest BCUT2D eigenvalue weighted by Gasteiger charge is 2.11. The van der Waals surface area contributed by atoms with Crippen molar-refractivity contribution in [1.82, 2.24) is 24.5 Å². The van der Waals surface area contributed by atoms with Gasteiger partial charge in [0.05, 0.1) is 16.7 Å². The molecule has 0 aliphatic heterocycles. The fourth-order valence-electron chi connectivity index (χ4n) is 2.57. The van der Waals surface area contributed by atoms with Gasteiger partial charge in [-0.25, -0.2) is 0 Å². The van der Waals surface area contributed by atoms with E-state index in [2.05, 4.69) is 50.3 Å². The predicted octanol–water partition coefficient (Wildman–Crippen LogP) is 3.81. The second-order valence-corrected chi connectivity index (χ2v) is 6.65. The van der Waals surface area contributed by atoms with Gasteiger partial charge in [0, 0.05) is 18.7 Å². The van der Waals surface area contributed by atoms with E-state index in [9.17, 15) is 0 Å². The average molecular weight is 392 g/mol. The highest BCUT2D eigenvalue weighted by atomic mass is 79.9. The van der Waals surface area contributed by atoms with E-state index >= 15 is 0 Å². The van der Waals surface area contributed by atoms with Crippen molar-refractivity contribution in [3.8, 4) is 0 Å². The van der Waals surface area contributed by atoms with Crippen molar-refractivity contribution in [1.29, 1.82) is 0 Å². The van der Waals surface area contributed by atoms with Crippen LogP contribution in [0.3, 0.4) is 0 Å². The number of rotatable bonds is 5. The van der Waals surface area contributed by atoms with E-state index in [1.54, 1.807) is 0 Å². The molecule has 23 heavy (non-hydrogen) atoms. The van der Waals surface area contributed by atoms with Crippen LogP contribution in [-0.2, 0) is 19.5 Å². The third kappa shape index (κ3) is 3.45. The second-order valence-electron chi connectivity index (χ2n) is 5.47. The fourth-order valence-corrected chi connectivity index (χ4v) is 3.07. The highest BCUT2D eigenvalue weighted by molar-refractivity contribution is 9.10. The van der Waals surface area contributed by atoms with Gasteiger partial charge in [-0.2, -0.15) is 10.2 Å². The average Bonchev–Trinajstić information content (AvgIpc) is 3.02. The molecule has 0 radical (unpaired) electrons. The number of aryl methyl sites for hydroxylation is 3. The number of halogens is 1. The number of H-pyrrole nitrogens is 1. The molecule has 2 aromatic heterocycles. The van der Waals surface area contributed by atoms with Crippen molar-refractivity contribution in [2.24, 2.45) is 0 Å². The molecule has 0 saturated heterocycles. The Morgan fingerprint density at radius 3 is 2.61 bits per heavy atom. The van der Waals surface area contributed by atoms with Crippen molar-refractivity contribution in [2.45, 2.75) is 33.4 Å². The Morgan fingerprint density at radius 1 is 1.22 bits per heavy atom. The normalized spacial score (nSPS) is 11.1. The number of aromatic nitrogens is 5. The summed E-state index contributed by atoms with van der Waals surface area (Å²) in [5.41, 5.74) is 3.34. The van der Waals surface area contributed by atoms with Crippen LogP contribution in [0, 0.1) is 18.6 Å². The maximum atomic E-state index is 5.37. The number of hydrogen-bond acceptors (Lipinski definition) is 3. The molecule has 0 spiro atoms. The lowest BCUT2D eigenvalue weighted by Gasteiger charge is -2.08. The standard InChI is InChI=1S/C16H18BrN5S/c1-11-15(17)12(2)22(20-11)9-8-14-18-19-16(23)21(14)10-13-6-4-3-5-7-13/h3-7H,8-10H2,1-2H3,(H,19,23). The summed E-state index contributed by atoms with van der Waals surface area (Å²) >= 11 is 8.93. The van der Waals surface area contributed by atoms with Crippen LogP contribution in [0.2, 0.25) is 0 Å². The molecular weight excluding hydrogens is 374 g/mol. The molecule has 3 rings (SSSR count). The lowest BCUT2D eigenvalue weighted by molar-refractivity contribution is 0.565. The Kier molecular flexibility index (Phi) is 4.77. The van der Waals surface area contributed by atoms with Crippen LogP contribution in [0.5, 0.6) is 0 Å². The maximum absolute atomic E-state index is 5.37. The molecule has 5 nitrogen and oxygen atoms in total. The molecular formula is C16H18BrN5S. The third-order valence-electron chi connectivity index (χ3n) is 3.86. The van der Waals surface area contributed by atoms with Gasteiger partial charge in [-0.05, 0) is 47.6 Å². The molecule has 0 unspecified atom stereocenters. The Labute approximate surface area is 148 Å². The molecule has 1 N–H and O–H groups in total. The summed E-state index contributed by atoms with van der Waals surface area (Å²) in [6.45, 7) is 5.56. The van der Waals surface area contributed by atoms with Gasteiger partial charge in [0.1, 0.15) is 5.82 Å². The smallest absolute Gasteiger partial charge is 0.195 e. The van der Waals surface area contributed by atoms with Gasteiger partial charge >= 0.3 is 0 Å². The summed E-state index contributed by atoms with van der Waals surface area (Å²) in [6, 6.07) is 10.3. The van der Waals surface area contributed by atoms with Crippen LogP contribution in [-0.4, -0.2) is 24.5 Å². The zero-order valence-corrected chi connectivity index (χ0v) is 15.5. The van der Waals surface area contributed by atoms with Gasteiger partial charge in [-0.15, -0.1) is 0 Å². The quantitative estimate of drug-likeness (QED) is 0.672. The second kappa shape index (κ2) is 6.80. The summed E-state index contributed by atoms with van der Waals surface area (Å²) in [6.07, 6.45) is 0.772. The summed E-state index contributed by atoms with van der Waals surface area (Å²) in [4.78, 5) is 0. The molecule has 0 saturated carbocycles. The number of nitrogens with zero attached hydrogens (tertiary/aromatic N) is 4. The van der Waals surface area contributed by atoms with Gasteiger partial charge in [0.25, 0.3) is 0 Å². The molecule has 120 valence electrons. The first-order valence-electron chi connectivity index (χ1n) is 7.43. The molecule has 0 aliphatic rings. The monoisotopic (exact) mass is 391 g/mol. The number of nitrogens with one attached hydrogen (secondary N) is 1. The lowest BCUT2D eigenvalue weighted by Crippen LogP contribution is -2.11. The van der Waals surface area contributed by atoms with Crippen molar-refractivity contribution in [3.05, 3.63) is 62.4 Å². The topological polar surface area (TPSA) is 51.4 Å². The number of benzene rings is 1. The predicted molar refractivity (Wildman–Crippen MR) is 96.1 cm³/mol. The first-order chi connectivity index (χ1) is 11.1. The summed E-state index contributed by atoms with van der Waals surface area (Å²) in [5.74, 6) is 0.947. The zero-order valence-electron chi connectivity index (χ0n) is 13.1. The Hall–Kier alpha value is -1.73. The van der Waals surface area contributed by atoms with Crippen molar-refractivity contribution in [3.63, 3.8) is 0 Å². The van der Waals surface area contributed by atoms with E-state index in [4.69, 9.17) is 12.2 Å². The van der Waals surface area contributed by atoms with Gasteiger partial charge in [-0.1, -0.05) is 30.3 Å². The largest absolute Gasteiger partial charge is 0.300 e. The molecule has 1 aromatic carbocycles. The van der Waals surface area contributed by atoms with E-state index in [0.29, 0.717) is 4.77 Å². The molecule has 0 amide bonds. The maximum Gasteiger partial charge on any atom is 0.195 e. The van der Waals surface area contributed by atoms with Crippen LogP contribution in [0.15, 0.2) is 34.8 Å². The zero-order chi connectivity index (χ0) is 16.4. The van der Waals surface area contributed by atoms with Crippen molar-refractivity contribution >= 4 is 28.1 Å². The van der Waals surface area contributed by atoms with Crippen LogP contribution in [0.1, 0.15) is 22.8 Å².